The van der Waals surface area contributed by atoms with E-state index in [9.17, 15) is 9.00 Å². The smallest absolute Gasteiger partial charge is 0.263 e. The Kier molecular flexibility index (Phi) is 10.2. The number of ether oxygens (including phenoxy) is 3. The van der Waals surface area contributed by atoms with E-state index in [-0.39, 0.29) is 29.3 Å². The van der Waals surface area contributed by atoms with Crippen molar-refractivity contribution in [2.75, 3.05) is 37.8 Å². The lowest BCUT2D eigenvalue weighted by molar-refractivity contribution is -0.123. The summed E-state index contributed by atoms with van der Waals surface area (Å²) in [7, 11) is -1.49. The Morgan fingerprint density at radius 2 is 1.82 bits per heavy atom. The van der Waals surface area contributed by atoms with Crippen LogP contribution in [0.4, 0.5) is 5.69 Å². The van der Waals surface area contributed by atoms with Gasteiger partial charge in [0, 0.05) is 35.5 Å². The van der Waals surface area contributed by atoms with E-state index in [2.05, 4.69) is 35.6 Å². The zero-order chi connectivity index (χ0) is 30.8. The predicted molar refractivity (Wildman–Crippen MR) is 176 cm³/mol. The molecule has 7 nitrogen and oxygen atoms in total. The lowest BCUT2D eigenvalue weighted by Gasteiger charge is -2.46. The number of hydrogen-bond acceptors (Lipinski definition) is 6. The molecule has 2 bridgehead atoms. The highest BCUT2D eigenvalue weighted by molar-refractivity contribution is 7.84. The molecule has 6 rings (SSSR count). The topological polar surface area (TPSA) is 77.1 Å². The summed E-state index contributed by atoms with van der Waals surface area (Å²) in [5, 5.41) is 0.607. The van der Waals surface area contributed by atoms with Crippen molar-refractivity contribution in [2.24, 2.45) is 23.7 Å². The van der Waals surface area contributed by atoms with E-state index in [1.54, 1.807) is 6.07 Å². The Hall–Kier alpha value is -2.13. The highest BCUT2D eigenvalue weighted by atomic mass is 35.5. The quantitative estimate of drug-likeness (QED) is 0.391. The number of rotatable bonds is 4. The van der Waals surface area contributed by atoms with Gasteiger partial charge in [0.15, 0.2) is 6.29 Å². The van der Waals surface area contributed by atoms with E-state index in [0.717, 1.165) is 61.7 Å². The monoisotopic (exact) mass is 642 g/mol. The molecular weight excluding hydrogens is 596 g/mol. The largest absolute Gasteiger partial charge is 0.491 e. The van der Waals surface area contributed by atoms with Crippen molar-refractivity contribution in [1.82, 2.24) is 4.72 Å². The molecule has 2 fully saturated rings. The van der Waals surface area contributed by atoms with E-state index < -0.39 is 11.0 Å². The third-order valence-electron chi connectivity index (χ3n) is 10.5. The SMILES string of the molecule is CCCc1cc(Cl)ccc1C1COc2ccc3cc2N(C1)CC1CCC1C(C1OCCO1)CCCC(C)C(C)S(=O)NC3=O. The first-order valence-electron chi connectivity index (χ1n) is 16.6. The molecule has 0 radical (unpaired) electrons. The van der Waals surface area contributed by atoms with Crippen LogP contribution in [-0.2, 0) is 26.9 Å². The number of fused-ring (bicyclic) bond motifs is 2. The van der Waals surface area contributed by atoms with E-state index in [4.69, 9.17) is 25.8 Å². The molecular formula is C35H47ClN2O5S. The van der Waals surface area contributed by atoms with Crippen LogP contribution in [-0.4, -0.2) is 54.6 Å². The molecule has 2 aromatic rings. The van der Waals surface area contributed by atoms with Crippen LogP contribution in [0.2, 0.25) is 5.02 Å². The second-order valence-electron chi connectivity index (χ2n) is 13.3. The Balaban J connectivity index is 1.36. The molecule has 2 aromatic carbocycles. The molecule has 1 saturated heterocycles. The number of benzene rings is 2. The highest BCUT2D eigenvalue weighted by Crippen LogP contribution is 2.47. The van der Waals surface area contributed by atoms with Gasteiger partial charge in [0.2, 0.25) is 0 Å². The van der Waals surface area contributed by atoms with Crippen LogP contribution >= 0.6 is 11.6 Å². The van der Waals surface area contributed by atoms with Crippen molar-refractivity contribution >= 4 is 34.2 Å². The highest BCUT2D eigenvalue weighted by Gasteiger charge is 2.43. The van der Waals surface area contributed by atoms with Gasteiger partial charge in [-0.3, -0.25) is 9.52 Å². The molecule has 9 heteroatoms. The third kappa shape index (κ3) is 6.84. The van der Waals surface area contributed by atoms with Gasteiger partial charge in [0.25, 0.3) is 5.91 Å². The zero-order valence-electron chi connectivity index (χ0n) is 26.3. The van der Waals surface area contributed by atoms with E-state index in [1.807, 2.05) is 25.1 Å². The number of amides is 1. The fourth-order valence-corrected chi connectivity index (χ4v) is 8.90. The molecule has 1 saturated carbocycles. The van der Waals surface area contributed by atoms with Crippen LogP contribution in [0.5, 0.6) is 5.75 Å². The van der Waals surface area contributed by atoms with Gasteiger partial charge in [-0.2, -0.15) is 0 Å². The van der Waals surface area contributed by atoms with Crippen molar-refractivity contribution in [1.29, 1.82) is 0 Å². The lowest BCUT2D eigenvalue weighted by Crippen LogP contribution is -2.45. The Morgan fingerprint density at radius 3 is 2.57 bits per heavy atom. The number of hydrogen-bond donors (Lipinski definition) is 1. The molecule has 0 spiro atoms. The van der Waals surface area contributed by atoms with Gasteiger partial charge in [0.1, 0.15) is 16.7 Å². The molecule has 3 aliphatic heterocycles. The third-order valence-corrected chi connectivity index (χ3v) is 12.3. The second-order valence-corrected chi connectivity index (χ2v) is 15.3. The summed E-state index contributed by atoms with van der Waals surface area (Å²) in [6, 6.07) is 11.9. The van der Waals surface area contributed by atoms with Crippen molar-refractivity contribution < 1.29 is 23.2 Å². The van der Waals surface area contributed by atoms with Gasteiger partial charge in [-0.15, -0.1) is 0 Å². The Bertz CT molecular complexity index is 1350. The van der Waals surface area contributed by atoms with Crippen molar-refractivity contribution in [3.05, 3.63) is 58.1 Å². The van der Waals surface area contributed by atoms with Crippen molar-refractivity contribution in [3.8, 4) is 5.75 Å². The van der Waals surface area contributed by atoms with Gasteiger partial charge in [-0.05, 0) is 98.2 Å². The molecule has 44 heavy (non-hydrogen) atoms. The molecule has 1 amide bonds. The predicted octanol–water partition coefficient (Wildman–Crippen LogP) is 6.89. The maximum Gasteiger partial charge on any atom is 0.263 e. The number of nitrogens with one attached hydrogen (secondary N) is 1. The van der Waals surface area contributed by atoms with E-state index in [0.29, 0.717) is 43.1 Å². The molecule has 7 atom stereocenters. The van der Waals surface area contributed by atoms with Crippen molar-refractivity contribution in [2.45, 2.75) is 83.2 Å². The molecule has 4 aliphatic rings. The molecule has 0 aromatic heterocycles. The molecule has 1 N–H and O–H groups in total. The van der Waals surface area contributed by atoms with Crippen LogP contribution in [0, 0.1) is 23.7 Å². The van der Waals surface area contributed by atoms with E-state index >= 15 is 0 Å². The summed E-state index contributed by atoms with van der Waals surface area (Å²) < 4.78 is 34.8. The summed E-state index contributed by atoms with van der Waals surface area (Å²) in [6.45, 7) is 9.84. The fraction of sp³-hybridized carbons (Fsp3) is 0.629. The first-order valence-corrected chi connectivity index (χ1v) is 18.2. The molecule has 7 unspecified atom stereocenters. The minimum atomic E-state index is -1.49. The number of halogens is 1. The number of anilines is 1. The fourth-order valence-electron chi connectivity index (χ4n) is 7.66. The van der Waals surface area contributed by atoms with E-state index in [1.165, 1.54) is 24.0 Å². The van der Waals surface area contributed by atoms with Crippen LogP contribution in [0.1, 0.15) is 86.7 Å². The minimum absolute atomic E-state index is 0.146. The van der Waals surface area contributed by atoms with Gasteiger partial charge < -0.3 is 19.1 Å². The zero-order valence-corrected chi connectivity index (χ0v) is 27.8. The van der Waals surface area contributed by atoms with Crippen LogP contribution in [0.25, 0.3) is 0 Å². The molecule has 3 heterocycles. The number of carbonyl (C=O) groups excluding carboxylic acids is 1. The summed E-state index contributed by atoms with van der Waals surface area (Å²) in [6.07, 6.45) is 7.20. The Labute approximate surface area is 269 Å². The average Bonchev–Trinajstić information content (AvgIpc) is 3.48. The van der Waals surface area contributed by atoms with Gasteiger partial charge >= 0.3 is 0 Å². The standard InChI is InChI=1S/C35H47ClN2O5S/c1-4-6-24-17-28(36)11-13-29(24)27-20-38-19-26-9-12-30(26)31(35-41-15-16-42-35)8-5-7-22(2)23(3)44(40)37-34(39)25-10-14-33(43-21-27)32(38)18-25/h10-11,13-14,17-18,22-23,26-27,30-31,35H,4-9,12,15-16,19-21H2,1-3H3,(H,37,39). The summed E-state index contributed by atoms with van der Waals surface area (Å²) in [5.74, 6) is 2.19. The summed E-state index contributed by atoms with van der Waals surface area (Å²) in [4.78, 5) is 15.8. The first-order chi connectivity index (χ1) is 21.3. The summed E-state index contributed by atoms with van der Waals surface area (Å²) in [5.41, 5.74) is 3.99. The van der Waals surface area contributed by atoms with Crippen LogP contribution in [0.15, 0.2) is 36.4 Å². The lowest BCUT2D eigenvalue weighted by atomic mass is 9.65. The number of carbonyl (C=O) groups is 1. The second kappa shape index (κ2) is 14.1. The summed E-state index contributed by atoms with van der Waals surface area (Å²) >= 11 is 6.44. The number of aryl methyl sites for hydroxylation is 1. The minimum Gasteiger partial charge on any atom is -0.491 e. The first kappa shape index (κ1) is 31.8. The maximum atomic E-state index is 13.4. The average molecular weight is 643 g/mol. The van der Waals surface area contributed by atoms with Crippen molar-refractivity contribution in [3.63, 3.8) is 0 Å². The molecule has 240 valence electrons. The Morgan fingerprint density at radius 1 is 1.00 bits per heavy atom. The molecule has 1 aliphatic carbocycles. The number of nitrogens with zero attached hydrogens (tertiary/aromatic N) is 1. The van der Waals surface area contributed by atoms with Gasteiger partial charge in [-0.25, -0.2) is 4.21 Å². The van der Waals surface area contributed by atoms with Crippen LogP contribution in [0.3, 0.4) is 0 Å². The van der Waals surface area contributed by atoms with Gasteiger partial charge in [0.05, 0.1) is 30.8 Å². The van der Waals surface area contributed by atoms with Gasteiger partial charge in [-0.1, -0.05) is 44.4 Å². The normalized spacial score (nSPS) is 31.8. The maximum absolute atomic E-state index is 13.4. The van der Waals surface area contributed by atoms with Crippen LogP contribution < -0.4 is 14.4 Å².